The molecule has 0 radical (unpaired) electrons. The maximum absolute atomic E-state index is 11.4. The Morgan fingerprint density at radius 1 is 1.36 bits per heavy atom. The van der Waals surface area contributed by atoms with Gasteiger partial charge in [0.05, 0.1) is 41.7 Å². The van der Waals surface area contributed by atoms with Crippen LogP contribution in [0.1, 0.15) is 35.7 Å². The first-order valence-electron chi connectivity index (χ1n) is 8.99. The van der Waals surface area contributed by atoms with Crippen molar-refractivity contribution in [3.63, 3.8) is 0 Å². The highest BCUT2D eigenvalue weighted by Crippen LogP contribution is 2.41. The molecule has 0 spiro atoms. The molecule has 0 saturated heterocycles. The third-order valence-electron chi connectivity index (χ3n) is 4.76. The molecule has 8 nitrogen and oxygen atoms in total. The number of aromatic nitrogens is 4. The summed E-state index contributed by atoms with van der Waals surface area (Å²) in [6.45, 7) is 0. The SMILES string of the molecule is N#CCC(C1CC1)n1cc(-c2ccnc(Nc3ccccc3C(=O)O)n2)cn1. The number of nitrogens with one attached hydrogen (secondary N) is 1. The van der Waals surface area contributed by atoms with Crippen LogP contribution in [0, 0.1) is 17.2 Å². The van der Waals surface area contributed by atoms with E-state index in [2.05, 4.69) is 26.5 Å². The Morgan fingerprint density at radius 2 is 2.18 bits per heavy atom. The fourth-order valence-corrected chi connectivity index (χ4v) is 3.18. The van der Waals surface area contributed by atoms with Crippen LogP contribution in [0.3, 0.4) is 0 Å². The number of nitriles is 1. The number of carboxylic acids is 1. The number of anilines is 2. The molecule has 1 fully saturated rings. The summed E-state index contributed by atoms with van der Waals surface area (Å²) in [5.41, 5.74) is 2.06. The molecule has 1 atom stereocenters. The highest BCUT2D eigenvalue weighted by Gasteiger charge is 2.32. The summed E-state index contributed by atoms with van der Waals surface area (Å²) in [4.78, 5) is 20.0. The molecule has 0 bridgehead atoms. The minimum Gasteiger partial charge on any atom is -0.478 e. The van der Waals surface area contributed by atoms with Gasteiger partial charge in [0.15, 0.2) is 0 Å². The van der Waals surface area contributed by atoms with Crippen LogP contribution in [0.5, 0.6) is 0 Å². The Hall–Kier alpha value is -3.73. The number of hydrogen-bond acceptors (Lipinski definition) is 6. The van der Waals surface area contributed by atoms with Crippen molar-refractivity contribution in [2.45, 2.75) is 25.3 Å². The summed E-state index contributed by atoms with van der Waals surface area (Å²) >= 11 is 0. The van der Waals surface area contributed by atoms with Crippen molar-refractivity contribution in [2.24, 2.45) is 5.92 Å². The van der Waals surface area contributed by atoms with Crippen molar-refractivity contribution in [1.82, 2.24) is 19.7 Å². The van der Waals surface area contributed by atoms with Gasteiger partial charge in [0, 0.05) is 18.0 Å². The molecule has 8 heteroatoms. The molecule has 1 aliphatic carbocycles. The lowest BCUT2D eigenvalue weighted by Gasteiger charge is -2.12. The molecule has 2 N–H and O–H groups in total. The van der Waals surface area contributed by atoms with E-state index in [4.69, 9.17) is 5.26 Å². The number of hydrogen-bond donors (Lipinski definition) is 2. The molecular formula is C20H18N6O2. The smallest absolute Gasteiger partial charge is 0.337 e. The Balaban J connectivity index is 1.58. The number of carboxylic acid groups (broad SMARTS) is 1. The predicted octanol–water partition coefficient (Wildman–Crippen LogP) is 3.65. The summed E-state index contributed by atoms with van der Waals surface area (Å²) in [5.74, 6) is -0.207. The van der Waals surface area contributed by atoms with Gasteiger partial charge in [-0.25, -0.2) is 14.8 Å². The largest absolute Gasteiger partial charge is 0.478 e. The van der Waals surface area contributed by atoms with Gasteiger partial charge in [0.1, 0.15) is 0 Å². The molecule has 1 saturated carbocycles. The van der Waals surface area contributed by atoms with E-state index in [-0.39, 0.29) is 11.6 Å². The lowest BCUT2D eigenvalue weighted by Crippen LogP contribution is -2.10. The molecule has 2 heterocycles. The van der Waals surface area contributed by atoms with Crippen LogP contribution in [0.2, 0.25) is 0 Å². The number of rotatable bonds is 7. The van der Waals surface area contributed by atoms with Crippen LogP contribution < -0.4 is 5.32 Å². The monoisotopic (exact) mass is 374 g/mol. The summed E-state index contributed by atoms with van der Waals surface area (Å²) in [5, 5.41) is 25.8. The standard InChI is InChI=1S/C20H18N6O2/c21-9-7-18(13-5-6-13)26-12-14(11-23-26)16-8-10-22-20(24-16)25-17-4-2-1-3-15(17)19(27)28/h1-4,8,10-13,18H,5-7H2,(H,27,28)(H,22,24,25). The number of aromatic carboxylic acids is 1. The lowest BCUT2D eigenvalue weighted by molar-refractivity contribution is 0.0698. The number of para-hydroxylation sites is 1. The van der Waals surface area contributed by atoms with Crippen LogP contribution in [0.4, 0.5) is 11.6 Å². The number of carbonyl (C=O) groups is 1. The average Bonchev–Trinajstić information content (AvgIpc) is 3.42. The summed E-state index contributed by atoms with van der Waals surface area (Å²) < 4.78 is 1.85. The normalized spacial score (nSPS) is 14.2. The molecule has 1 unspecified atom stereocenters. The molecular weight excluding hydrogens is 356 g/mol. The zero-order valence-electron chi connectivity index (χ0n) is 15.0. The predicted molar refractivity (Wildman–Crippen MR) is 102 cm³/mol. The zero-order chi connectivity index (χ0) is 19.5. The Bertz CT molecular complexity index is 1050. The molecule has 3 aromatic rings. The minimum absolute atomic E-state index is 0.0978. The van der Waals surface area contributed by atoms with Gasteiger partial charge in [-0.1, -0.05) is 12.1 Å². The van der Waals surface area contributed by atoms with Gasteiger partial charge in [0.2, 0.25) is 5.95 Å². The molecule has 0 amide bonds. The molecule has 1 aliphatic rings. The summed E-state index contributed by atoms with van der Waals surface area (Å²) in [7, 11) is 0. The fourth-order valence-electron chi connectivity index (χ4n) is 3.18. The van der Waals surface area contributed by atoms with Crippen molar-refractivity contribution in [1.29, 1.82) is 5.26 Å². The van der Waals surface area contributed by atoms with Gasteiger partial charge in [-0.15, -0.1) is 0 Å². The van der Waals surface area contributed by atoms with Crippen molar-refractivity contribution in [2.75, 3.05) is 5.32 Å². The second-order valence-corrected chi connectivity index (χ2v) is 6.72. The van der Waals surface area contributed by atoms with E-state index >= 15 is 0 Å². The van der Waals surface area contributed by atoms with Crippen LogP contribution >= 0.6 is 0 Å². The van der Waals surface area contributed by atoms with Gasteiger partial charge in [-0.2, -0.15) is 10.4 Å². The first-order valence-corrected chi connectivity index (χ1v) is 8.99. The first kappa shape index (κ1) is 17.7. The van der Waals surface area contributed by atoms with Gasteiger partial charge in [-0.3, -0.25) is 4.68 Å². The molecule has 1 aromatic carbocycles. The third-order valence-corrected chi connectivity index (χ3v) is 4.76. The highest BCUT2D eigenvalue weighted by atomic mass is 16.4. The van der Waals surface area contributed by atoms with Gasteiger partial charge in [-0.05, 0) is 37.0 Å². The van der Waals surface area contributed by atoms with Crippen LogP contribution in [-0.2, 0) is 0 Å². The van der Waals surface area contributed by atoms with Crippen molar-refractivity contribution < 1.29 is 9.90 Å². The molecule has 2 aromatic heterocycles. The fraction of sp³-hybridized carbons (Fsp3) is 0.250. The second-order valence-electron chi connectivity index (χ2n) is 6.72. The zero-order valence-corrected chi connectivity index (χ0v) is 15.0. The number of benzene rings is 1. The van der Waals surface area contributed by atoms with Crippen LogP contribution in [0.25, 0.3) is 11.3 Å². The van der Waals surface area contributed by atoms with E-state index in [1.165, 1.54) is 6.07 Å². The second kappa shape index (κ2) is 7.48. The minimum atomic E-state index is -1.02. The lowest BCUT2D eigenvalue weighted by atomic mass is 10.1. The third kappa shape index (κ3) is 3.69. The van der Waals surface area contributed by atoms with Gasteiger partial charge < -0.3 is 10.4 Å². The summed E-state index contributed by atoms with van der Waals surface area (Å²) in [6, 6.07) is 10.7. The van der Waals surface area contributed by atoms with E-state index in [0.29, 0.717) is 29.7 Å². The van der Waals surface area contributed by atoms with Gasteiger partial charge >= 0.3 is 5.97 Å². The van der Waals surface area contributed by atoms with E-state index in [1.807, 2.05) is 10.9 Å². The molecule has 0 aliphatic heterocycles. The van der Waals surface area contributed by atoms with E-state index in [9.17, 15) is 9.90 Å². The Morgan fingerprint density at radius 3 is 2.93 bits per heavy atom. The van der Waals surface area contributed by atoms with Crippen LogP contribution in [0.15, 0.2) is 48.9 Å². The van der Waals surface area contributed by atoms with Crippen molar-refractivity contribution in [3.8, 4) is 17.3 Å². The Kier molecular flexibility index (Phi) is 4.72. The molecule has 140 valence electrons. The van der Waals surface area contributed by atoms with Crippen LogP contribution in [-0.4, -0.2) is 30.8 Å². The first-order chi connectivity index (χ1) is 13.7. The quantitative estimate of drug-likeness (QED) is 0.648. The molecule has 4 rings (SSSR count). The highest BCUT2D eigenvalue weighted by molar-refractivity contribution is 5.94. The number of nitrogens with zero attached hydrogens (tertiary/aromatic N) is 5. The van der Waals surface area contributed by atoms with E-state index in [1.54, 1.807) is 36.7 Å². The maximum atomic E-state index is 11.4. The van der Waals surface area contributed by atoms with E-state index < -0.39 is 5.97 Å². The maximum Gasteiger partial charge on any atom is 0.337 e. The molecule has 28 heavy (non-hydrogen) atoms. The van der Waals surface area contributed by atoms with Gasteiger partial charge in [0.25, 0.3) is 0 Å². The Labute approximate surface area is 161 Å². The summed E-state index contributed by atoms with van der Waals surface area (Å²) in [6.07, 6.45) is 7.94. The topological polar surface area (TPSA) is 117 Å². The van der Waals surface area contributed by atoms with Crippen molar-refractivity contribution in [3.05, 3.63) is 54.5 Å². The van der Waals surface area contributed by atoms with Crippen molar-refractivity contribution >= 4 is 17.6 Å². The average molecular weight is 374 g/mol. The van der Waals surface area contributed by atoms with E-state index in [0.717, 1.165) is 18.4 Å².